The van der Waals surface area contributed by atoms with Crippen molar-refractivity contribution in [3.63, 3.8) is 0 Å². The number of methoxy groups -OCH3 is 1. The number of para-hydroxylation sites is 1. The molecule has 4 aliphatic heterocycles. The minimum absolute atomic E-state index is 0.0738. The van der Waals surface area contributed by atoms with Crippen molar-refractivity contribution in [3.8, 4) is 16.9 Å². The second kappa shape index (κ2) is 19.3. The number of aromatic nitrogens is 4. The number of likely N-dealkylation sites (tertiary alicyclic amines) is 1. The minimum atomic E-state index is -0.997. The number of urea groups is 1. The van der Waals surface area contributed by atoms with Gasteiger partial charge < -0.3 is 15.0 Å². The normalized spacial score (nSPS) is 20.2. The highest BCUT2D eigenvalue weighted by Crippen LogP contribution is 2.33. The molecule has 3 N–H and O–H groups in total. The van der Waals surface area contributed by atoms with E-state index < -0.39 is 35.7 Å². The number of hydrogen-bond acceptors (Lipinski definition) is 12. The first-order chi connectivity index (χ1) is 32.1. The van der Waals surface area contributed by atoms with Crippen LogP contribution in [0.15, 0.2) is 85.2 Å². The Balaban J connectivity index is 0.825. The van der Waals surface area contributed by atoms with Crippen LogP contribution in [0.5, 0.6) is 0 Å². The molecule has 3 aromatic carbocycles. The van der Waals surface area contributed by atoms with Crippen molar-refractivity contribution in [3.05, 3.63) is 119 Å². The number of benzene rings is 3. The summed E-state index contributed by atoms with van der Waals surface area (Å²) in [4.78, 5) is 82.1. The summed E-state index contributed by atoms with van der Waals surface area (Å²) < 4.78 is 21.3. The standard InChI is InChI=1S/C48H52FN11O6/c1-30-42(55-60(35-13-4-3-5-14-35)43(30)54-48(65)52-38-29-57(23-24-66-2)28-37(38)32-10-6-12-34(49)25-32)33-26-50-47(51-27-33)58-21-19-56(20-22-58)18-8-11-31-9-7-15-36-41(31)46(64)59(45(36)63)39-16-17-40(61)53-44(39)62/h3-7,9-10,12-15,25-27,37-39H,8,11,16-24,28-29H2,1-2H3,(H2,52,54,65)(H,53,61,62)/t37-,38+,39?/m0/s1. The fourth-order valence-corrected chi connectivity index (χ4v) is 9.56. The van der Waals surface area contributed by atoms with Gasteiger partial charge in [-0.05, 0) is 74.2 Å². The Morgan fingerprint density at radius 3 is 2.41 bits per heavy atom. The molecule has 17 nitrogen and oxygen atoms in total. The monoisotopic (exact) mass is 897 g/mol. The third-order valence-electron chi connectivity index (χ3n) is 13.0. The number of anilines is 2. The van der Waals surface area contributed by atoms with E-state index in [2.05, 4.69) is 30.7 Å². The number of amides is 6. The van der Waals surface area contributed by atoms with Gasteiger partial charge in [-0.15, -0.1) is 0 Å². The smallest absolute Gasteiger partial charge is 0.320 e. The zero-order chi connectivity index (χ0) is 45.9. The fourth-order valence-electron chi connectivity index (χ4n) is 9.56. The number of carbonyl (C=O) groups is 5. The van der Waals surface area contributed by atoms with Gasteiger partial charge in [-0.25, -0.2) is 23.8 Å². The molecule has 342 valence electrons. The van der Waals surface area contributed by atoms with Gasteiger partial charge in [-0.1, -0.05) is 42.5 Å². The maximum Gasteiger partial charge on any atom is 0.320 e. The van der Waals surface area contributed by atoms with E-state index in [0.29, 0.717) is 79.9 Å². The van der Waals surface area contributed by atoms with Gasteiger partial charge in [0.2, 0.25) is 17.8 Å². The van der Waals surface area contributed by atoms with Crippen LogP contribution in [0.4, 0.5) is 21.0 Å². The quantitative estimate of drug-likeness (QED) is 0.135. The first-order valence-corrected chi connectivity index (χ1v) is 22.4. The van der Waals surface area contributed by atoms with E-state index in [4.69, 9.17) is 19.8 Å². The Kier molecular flexibility index (Phi) is 13.0. The van der Waals surface area contributed by atoms with E-state index in [1.54, 1.807) is 42.4 Å². The van der Waals surface area contributed by atoms with Crippen LogP contribution >= 0.6 is 0 Å². The molecular weight excluding hydrogens is 846 g/mol. The van der Waals surface area contributed by atoms with E-state index >= 15 is 0 Å². The van der Waals surface area contributed by atoms with Crippen LogP contribution in [-0.2, 0) is 20.7 Å². The number of halogens is 1. The molecule has 66 heavy (non-hydrogen) atoms. The molecule has 1 unspecified atom stereocenters. The van der Waals surface area contributed by atoms with Crippen molar-refractivity contribution in [2.24, 2.45) is 0 Å². The molecule has 6 heterocycles. The van der Waals surface area contributed by atoms with E-state index in [0.717, 1.165) is 53.3 Å². The lowest BCUT2D eigenvalue weighted by molar-refractivity contribution is -0.136. The summed E-state index contributed by atoms with van der Waals surface area (Å²) in [6.07, 6.45) is 5.05. The van der Waals surface area contributed by atoms with Crippen LogP contribution in [0.1, 0.15) is 62.6 Å². The van der Waals surface area contributed by atoms with Crippen LogP contribution in [0.25, 0.3) is 16.9 Å². The molecule has 0 aliphatic carbocycles. The molecule has 9 rings (SSSR count). The molecule has 3 atom stereocenters. The topological polar surface area (TPSA) is 187 Å². The third-order valence-corrected chi connectivity index (χ3v) is 13.0. The molecule has 0 radical (unpaired) electrons. The highest BCUT2D eigenvalue weighted by Gasteiger charge is 2.45. The fraction of sp³-hybridized carbons (Fsp3) is 0.375. The van der Waals surface area contributed by atoms with Crippen molar-refractivity contribution in [2.75, 3.05) is 76.3 Å². The number of nitrogens with zero attached hydrogens (tertiary/aromatic N) is 8. The highest BCUT2D eigenvalue weighted by atomic mass is 19.1. The number of nitrogens with one attached hydrogen (secondary N) is 3. The predicted molar refractivity (Wildman–Crippen MR) is 243 cm³/mol. The van der Waals surface area contributed by atoms with Crippen LogP contribution < -0.4 is 20.9 Å². The molecule has 6 amide bonds. The largest absolute Gasteiger partial charge is 0.383 e. The molecule has 3 fully saturated rings. The number of piperidine rings is 1. The number of piperazine rings is 1. The van der Waals surface area contributed by atoms with Crippen LogP contribution in [0, 0.1) is 12.7 Å². The number of imide groups is 2. The van der Waals surface area contributed by atoms with E-state index in [1.807, 2.05) is 49.4 Å². The van der Waals surface area contributed by atoms with Gasteiger partial charge in [0.15, 0.2) is 0 Å². The van der Waals surface area contributed by atoms with Gasteiger partial charge >= 0.3 is 6.03 Å². The predicted octanol–water partition coefficient (Wildman–Crippen LogP) is 4.17. The number of rotatable bonds is 14. The lowest BCUT2D eigenvalue weighted by Crippen LogP contribution is -2.54. The van der Waals surface area contributed by atoms with Gasteiger partial charge in [0.25, 0.3) is 11.8 Å². The van der Waals surface area contributed by atoms with Crippen molar-refractivity contribution in [1.82, 2.24) is 45.1 Å². The summed E-state index contributed by atoms with van der Waals surface area (Å²) >= 11 is 0. The van der Waals surface area contributed by atoms with Crippen molar-refractivity contribution < 1.29 is 33.1 Å². The Morgan fingerprint density at radius 1 is 0.894 bits per heavy atom. The van der Waals surface area contributed by atoms with Gasteiger partial charge in [0.05, 0.1) is 29.5 Å². The zero-order valence-electron chi connectivity index (χ0n) is 36.9. The maximum atomic E-state index is 14.3. The average Bonchev–Trinajstić information content (AvgIpc) is 3.96. The zero-order valence-corrected chi connectivity index (χ0v) is 36.9. The molecule has 2 aromatic heterocycles. The third kappa shape index (κ3) is 9.16. The second-order valence-corrected chi connectivity index (χ2v) is 17.2. The second-order valence-electron chi connectivity index (χ2n) is 17.2. The number of hydrogen-bond donors (Lipinski definition) is 3. The molecule has 5 aromatic rings. The lowest BCUT2D eigenvalue weighted by Gasteiger charge is -2.34. The number of ether oxygens (including phenoxy) is 1. The first kappa shape index (κ1) is 44.3. The first-order valence-electron chi connectivity index (χ1n) is 22.4. The molecule has 0 saturated carbocycles. The maximum absolute atomic E-state index is 14.3. The number of aryl methyl sites for hydroxylation is 1. The van der Waals surface area contributed by atoms with E-state index in [9.17, 15) is 28.4 Å². The lowest BCUT2D eigenvalue weighted by atomic mass is 9.94. The van der Waals surface area contributed by atoms with Gasteiger partial charge in [-0.3, -0.25) is 44.5 Å². The Labute approximate surface area is 381 Å². The van der Waals surface area contributed by atoms with Crippen LogP contribution in [0.3, 0.4) is 0 Å². The summed E-state index contributed by atoms with van der Waals surface area (Å²) in [5, 5.41) is 13.5. The Bertz CT molecular complexity index is 2640. The molecule has 0 spiro atoms. The SMILES string of the molecule is COCCN1C[C@@H](NC(=O)Nc2c(C)c(-c3cnc(N4CCN(CCCc5cccc6c5C(=O)N(C5CCC(=O)NC5=O)C6=O)CC4)nc3)nn2-c2ccccc2)[C@H](c2cccc(F)c2)C1. The van der Waals surface area contributed by atoms with E-state index in [-0.39, 0.29) is 30.6 Å². The number of fused-ring (bicyclic) bond motifs is 1. The molecule has 18 heteroatoms. The summed E-state index contributed by atoms with van der Waals surface area (Å²) in [7, 11) is 1.66. The van der Waals surface area contributed by atoms with Crippen LogP contribution in [-0.4, -0.2) is 142 Å². The Hall–Kier alpha value is -6.89. The molecule has 0 bridgehead atoms. The molecule has 4 aliphatic rings. The van der Waals surface area contributed by atoms with E-state index in [1.165, 1.54) is 12.1 Å². The molecular formula is C48H52FN11O6. The average molecular weight is 898 g/mol. The van der Waals surface area contributed by atoms with Gasteiger partial charge in [0.1, 0.15) is 23.4 Å². The highest BCUT2D eigenvalue weighted by molar-refractivity contribution is 6.24. The summed E-state index contributed by atoms with van der Waals surface area (Å²) in [5.74, 6) is -1.35. The number of carbonyl (C=O) groups excluding carboxylic acids is 5. The minimum Gasteiger partial charge on any atom is -0.383 e. The summed E-state index contributed by atoms with van der Waals surface area (Å²) in [6.45, 7) is 8.14. The Morgan fingerprint density at radius 2 is 1.67 bits per heavy atom. The van der Waals surface area contributed by atoms with Gasteiger partial charge in [0, 0.05) is 88.8 Å². The van der Waals surface area contributed by atoms with Crippen molar-refractivity contribution >= 4 is 41.4 Å². The summed E-state index contributed by atoms with van der Waals surface area (Å²) in [6, 6.07) is 19.7. The van der Waals surface area contributed by atoms with Crippen molar-refractivity contribution in [1.29, 1.82) is 0 Å². The van der Waals surface area contributed by atoms with Crippen molar-refractivity contribution in [2.45, 2.75) is 50.6 Å². The van der Waals surface area contributed by atoms with Crippen LogP contribution in [0.2, 0.25) is 0 Å². The molecule has 3 saturated heterocycles. The summed E-state index contributed by atoms with van der Waals surface area (Å²) in [5.41, 5.74) is 5.04. The van der Waals surface area contributed by atoms with Gasteiger partial charge in [-0.2, -0.15) is 5.10 Å².